The number of carbonyl (C=O) groups is 1. The van der Waals surface area contributed by atoms with Crippen molar-refractivity contribution in [3.8, 4) is 0 Å². The lowest BCUT2D eigenvalue weighted by Crippen LogP contribution is -2.44. The summed E-state index contributed by atoms with van der Waals surface area (Å²) >= 11 is 4.13. The number of carbonyl (C=O) groups excluding carboxylic acids is 1. The van der Waals surface area contributed by atoms with E-state index in [0.717, 1.165) is 0 Å². The second kappa shape index (κ2) is 6.61. The molecule has 0 rings (SSSR count). The molecule has 17 heavy (non-hydrogen) atoms. The van der Waals surface area contributed by atoms with Gasteiger partial charge in [0.2, 0.25) is 0 Å². The van der Waals surface area contributed by atoms with Gasteiger partial charge in [-0.3, -0.25) is 9.63 Å². The monoisotopic (exact) mass is 263 g/mol. The zero-order valence-electron chi connectivity index (χ0n) is 11.7. The highest BCUT2D eigenvalue weighted by atomic mass is 32.1. The summed E-state index contributed by atoms with van der Waals surface area (Å²) in [6, 6.07) is -0.481. The van der Waals surface area contributed by atoms with E-state index < -0.39 is 11.6 Å². The molecule has 1 atom stereocenters. The molecule has 0 aliphatic carbocycles. The van der Waals surface area contributed by atoms with Crippen molar-refractivity contribution >= 4 is 18.6 Å². The summed E-state index contributed by atoms with van der Waals surface area (Å²) in [6.07, 6.45) is 0.564. The van der Waals surface area contributed by atoms with E-state index in [1.807, 2.05) is 41.5 Å². The molecule has 0 unspecified atom stereocenters. The first kappa shape index (κ1) is 16.7. The zero-order valence-corrected chi connectivity index (χ0v) is 12.6. The summed E-state index contributed by atoms with van der Waals surface area (Å²) in [6.45, 7) is 11.3. The van der Waals surface area contributed by atoms with Gasteiger partial charge in [0.15, 0.2) is 0 Å². The SMILES string of the molecule is CC(C)(C)ON[C@H](CCS)C(=O)OC(C)(C)C. The average Bonchev–Trinajstić information content (AvgIpc) is 2.07. The summed E-state index contributed by atoms with van der Waals surface area (Å²) in [4.78, 5) is 17.3. The topological polar surface area (TPSA) is 47.6 Å². The summed E-state index contributed by atoms with van der Waals surface area (Å²) in [5, 5.41) is 0. The summed E-state index contributed by atoms with van der Waals surface area (Å²) in [5.41, 5.74) is 1.92. The largest absolute Gasteiger partial charge is 0.459 e. The lowest BCUT2D eigenvalue weighted by molar-refractivity contribution is -0.167. The highest BCUT2D eigenvalue weighted by Gasteiger charge is 2.26. The average molecular weight is 263 g/mol. The predicted octanol–water partition coefficient (Wildman–Crippen LogP) is 2.34. The molecule has 0 aromatic rings. The van der Waals surface area contributed by atoms with Crippen LogP contribution in [-0.2, 0) is 14.4 Å². The van der Waals surface area contributed by atoms with Crippen molar-refractivity contribution < 1.29 is 14.4 Å². The van der Waals surface area contributed by atoms with E-state index in [-0.39, 0.29) is 11.6 Å². The van der Waals surface area contributed by atoms with Gasteiger partial charge in [-0.25, -0.2) is 0 Å². The van der Waals surface area contributed by atoms with Gasteiger partial charge in [-0.15, -0.1) is 0 Å². The van der Waals surface area contributed by atoms with Crippen LogP contribution in [0.1, 0.15) is 48.0 Å². The lowest BCUT2D eigenvalue weighted by Gasteiger charge is -2.27. The van der Waals surface area contributed by atoms with Crippen LogP contribution in [-0.4, -0.2) is 29.0 Å². The molecule has 0 aliphatic rings. The maximum atomic E-state index is 11.9. The molecular formula is C12H25NO3S. The van der Waals surface area contributed by atoms with Gasteiger partial charge in [0.25, 0.3) is 0 Å². The van der Waals surface area contributed by atoms with E-state index in [1.165, 1.54) is 0 Å². The fourth-order valence-electron chi connectivity index (χ4n) is 0.975. The minimum atomic E-state index is -0.491. The third-order valence-electron chi connectivity index (χ3n) is 1.62. The minimum Gasteiger partial charge on any atom is -0.459 e. The lowest BCUT2D eigenvalue weighted by atomic mass is 10.1. The first-order chi connectivity index (χ1) is 7.55. The predicted molar refractivity (Wildman–Crippen MR) is 72.1 cm³/mol. The molecule has 0 spiro atoms. The quantitative estimate of drug-likeness (QED) is 0.454. The number of hydrogen-bond donors (Lipinski definition) is 2. The summed E-state index contributed by atoms with van der Waals surface area (Å²) < 4.78 is 5.30. The van der Waals surface area contributed by atoms with Crippen LogP contribution in [0.2, 0.25) is 0 Å². The van der Waals surface area contributed by atoms with Crippen LogP contribution in [0.4, 0.5) is 0 Å². The summed E-state index contributed by atoms with van der Waals surface area (Å²) in [7, 11) is 0. The van der Waals surface area contributed by atoms with Crippen molar-refractivity contribution in [2.45, 2.75) is 65.2 Å². The molecule has 5 heteroatoms. The van der Waals surface area contributed by atoms with Gasteiger partial charge < -0.3 is 4.74 Å². The standard InChI is InChI=1S/C12H25NO3S/c1-11(2,3)15-10(14)9(7-8-17)13-16-12(4,5)6/h9,13,17H,7-8H2,1-6H3/t9-/m1/s1. The Morgan fingerprint density at radius 3 is 2.06 bits per heavy atom. The second-order valence-corrected chi connectivity index (χ2v) is 6.38. The van der Waals surface area contributed by atoms with Gasteiger partial charge in [0.05, 0.1) is 5.60 Å². The number of hydroxylamine groups is 1. The number of ether oxygens (including phenoxy) is 1. The maximum absolute atomic E-state index is 11.9. The fourth-order valence-corrected chi connectivity index (χ4v) is 1.23. The number of esters is 1. The highest BCUT2D eigenvalue weighted by Crippen LogP contribution is 2.11. The van der Waals surface area contributed by atoms with Crippen LogP contribution >= 0.6 is 12.6 Å². The zero-order chi connectivity index (χ0) is 13.7. The van der Waals surface area contributed by atoms with Crippen LogP contribution < -0.4 is 5.48 Å². The Hall–Kier alpha value is -0.260. The van der Waals surface area contributed by atoms with Crippen molar-refractivity contribution in [3.63, 3.8) is 0 Å². The number of nitrogens with one attached hydrogen (secondary N) is 1. The van der Waals surface area contributed by atoms with Crippen molar-refractivity contribution in [2.75, 3.05) is 5.75 Å². The molecule has 4 nitrogen and oxygen atoms in total. The van der Waals surface area contributed by atoms with Gasteiger partial charge in [-0.05, 0) is 53.7 Å². The highest BCUT2D eigenvalue weighted by molar-refractivity contribution is 7.80. The third kappa shape index (κ3) is 9.44. The van der Waals surface area contributed by atoms with E-state index in [9.17, 15) is 4.79 Å². The molecule has 0 saturated carbocycles. The molecule has 0 saturated heterocycles. The molecule has 0 bridgehead atoms. The van der Waals surface area contributed by atoms with Crippen molar-refractivity contribution in [3.05, 3.63) is 0 Å². The Morgan fingerprint density at radius 2 is 1.71 bits per heavy atom. The molecule has 0 aromatic carbocycles. The first-order valence-corrected chi connectivity index (χ1v) is 6.45. The molecule has 0 radical (unpaired) electrons. The van der Waals surface area contributed by atoms with E-state index in [4.69, 9.17) is 9.57 Å². The molecule has 102 valence electrons. The van der Waals surface area contributed by atoms with Gasteiger partial charge in [-0.1, -0.05) is 0 Å². The molecule has 0 fully saturated rings. The number of rotatable bonds is 5. The maximum Gasteiger partial charge on any atom is 0.326 e. The van der Waals surface area contributed by atoms with Gasteiger partial charge in [0.1, 0.15) is 11.6 Å². The van der Waals surface area contributed by atoms with Gasteiger partial charge in [-0.2, -0.15) is 18.1 Å². The Balaban J connectivity index is 4.36. The van der Waals surface area contributed by atoms with Gasteiger partial charge >= 0.3 is 5.97 Å². The summed E-state index contributed by atoms with van der Waals surface area (Å²) in [5.74, 6) is 0.278. The van der Waals surface area contributed by atoms with E-state index in [1.54, 1.807) is 0 Å². The third-order valence-corrected chi connectivity index (χ3v) is 1.87. The smallest absolute Gasteiger partial charge is 0.326 e. The molecule has 0 amide bonds. The van der Waals surface area contributed by atoms with Crippen molar-refractivity contribution in [2.24, 2.45) is 0 Å². The van der Waals surface area contributed by atoms with Crippen LogP contribution in [0.15, 0.2) is 0 Å². The fraction of sp³-hybridized carbons (Fsp3) is 0.917. The molecule has 1 N–H and O–H groups in total. The molecule has 0 aliphatic heterocycles. The molecular weight excluding hydrogens is 238 g/mol. The Labute approximate surface area is 110 Å². The number of thiol groups is 1. The van der Waals surface area contributed by atoms with Crippen molar-refractivity contribution in [1.29, 1.82) is 0 Å². The van der Waals surface area contributed by atoms with E-state index >= 15 is 0 Å². The van der Waals surface area contributed by atoms with E-state index in [2.05, 4.69) is 18.1 Å². The first-order valence-electron chi connectivity index (χ1n) is 5.82. The second-order valence-electron chi connectivity index (χ2n) is 5.93. The van der Waals surface area contributed by atoms with Crippen molar-refractivity contribution in [1.82, 2.24) is 5.48 Å². The Morgan fingerprint density at radius 1 is 1.18 bits per heavy atom. The van der Waals surface area contributed by atoms with E-state index in [0.29, 0.717) is 12.2 Å². The molecule has 0 heterocycles. The molecule has 0 aromatic heterocycles. The van der Waals surface area contributed by atoms with Crippen LogP contribution in [0.25, 0.3) is 0 Å². The minimum absolute atomic E-state index is 0.309. The van der Waals surface area contributed by atoms with Crippen LogP contribution in [0.5, 0.6) is 0 Å². The van der Waals surface area contributed by atoms with Gasteiger partial charge in [0, 0.05) is 0 Å². The van der Waals surface area contributed by atoms with Crippen LogP contribution in [0.3, 0.4) is 0 Å². The Bertz CT molecular complexity index is 243. The normalized spacial score (nSPS) is 14.5. The van der Waals surface area contributed by atoms with Crippen LogP contribution in [0, 0.1) is 0 Å². The Kier molecular flexibility index (Phi) is 6.51. The number of hydrogen-bond acceptors (Lipinski definition) is 5.